The molecule has 2 aromatic carbocycles. The van der Waals surface area contributed by atoms with Crippen LogP contribution in [-0.4, -0.2) is 44.2 Å². The number of rotatable bonds is 7. The number of benzene rings is 2. The molecule has 5 rings (SSSR count). The summed E-state index contributed by atoms with van der Waals surface area (Å²) in [6, 6.07) is 17.7. The molecule has 0 spiro atoms. The summed E-state index contributed by atoms with van der Waals surface area (Å²) in [5.41, 5.74) is 4.34. The average Bonchev–Trinajstić information content (AvgIpc) is 3.54. The van der Waals surface area contributed by atoms with E-state index in [1.807, 2.05) is 58.1 Å². The number of aromatic amines is 1. The highest BCUT2D eigenvalue weighted by Crippen LogP contribution is 2.42. The highest BCUT2D eigenvalue weighted by molar-refractivity contribution is 6.00. The molecule has 0 saturated heterocycles. The number of amides is 1. The molecule has 0 radical (unpaired) electrons. The van der Waals surface area contributed by atoms with Crippen molar-refractivity contribution >= 4 is 5.91 Å². The Bertz CT molecular complexity index is 1170. The minimum absolute atomic E-state index is 0.0123. The number of H-pyrrole nitrogens is 1. The Morgan fingerprint density at radius 1 is 1.06 bits per heavy atom. The van der Waals surface area contributed by atoms with Gasteiger partial charge < -0.3 is 14.2 Å². The fourth-order valence-electron chi connectivity index (χ4n) is 4.22. The molecule has 4 aromatic rings. The second-order valence-corrected chi connectivity index (χ2v) is 7.56. The lowest BCUT2D eigenvalue weighted by molar-refractivity contribution is 0.0739. The molecule has 1 unspecified atom stereocenters. The topological polar surface area (TPSA) is 76.0 Å². The van der Waals surface area contributed by atoms with Gasteiger partial charge in [0.25, 0.3) is 5.91 Å². The molecule has 0 saturated carbocycles. The van der Waals surface area contributed by atoms with E-state index in [0.29, 0.717) is 12.2 Å². The molecule has 1 amide bonds. The second kappa shape index (κ2) is 8.10. The molecule has 1 aliphatic rings. The zero-order chi connectivity index (χ0) is 21.2. The van der Waals surface area contributed by atoms with Crippen LogP contribution in [0.15, 0.2) is 73.3 Å². The molecule has 2 aromatic heterocycles. The van der Waals surface area contributed by atoms with Crippen molar-refractivity contribution in [3.63, 3.8) is 0 Å². The van der Waals surface area contributed by atoms with E-state index in [1.165, 1.54) is 0 Å². The standard InChI is InChI=1S/C24H23N5O2/c1-31-19-10-8-17(9-11-19)21-20-22(27-26-21)24(30)29(14-5-13-28-15-12-25-16-28)23(20)18-6-3-2-4-7-18/h2-4,6-12,15-16,23H,5,13-14H2,1H3,(H,26,27). The number of aromatic nitrogens is 4. The van der Waals surface area contributed by atoms with Crippen LogP contribution in [0.5, 0.6) is 5.75 Å². The summed E-state index contributed by atoms with van der Waals surface area (Å²) in [5, 5.41) is 7.53. The Morgan fingerprint density at radius 2 is 1.87 bits per heavy atom. The van der Waals surface area contributed by atoms with Gasteiger partial charge >= 0.3 is 0 Å². The largest absolute Gasteiger partial charge is 0.497 e. The fourth-order valence-corrected chi connectivity index (χ4v) is 4.22. The number of imidazole rings is 1. The van der Waals surface area contributed by atoms with Gasteiger partial charge in [0.15, 0.2) is 0 Å². The number of carbonyl (C=O) groups excluding carboxylic acids is 1. The summed E-state index contributed by atoms with van der Waals surface area (Å²) in [6.07, 6.45) is 6.34. The summed E-state index contributed by atoms with van der Waals surface area (Å²) in [7, 11) is 1.65. The number of carbonyl (C=O) groups is 1. The number of methoxy groups -OCH3 is 1. The van der Waals surface area contributed by atoms with Crippen molar-refractivity contribution in [1.29, 1.82) is 0 Å². The third kappa shape index (κ3) is 3.48. The Hall–Kier alpha value is -3.87. The van der Waals surface area contributed by atoms with Crippen LogP contribution in [0.3, 0.4) is 0 Å². The van der Waals surface area contributed by atoms with E-state index in [9.17, 15) is 4.79 Å². The van der Waals surface area contributed by atoms with Gasteiger partial charge in [-0.05, 0) is 36.2 Å². The molecule has 0 aliphatic carbocycles. The Morgan fingerprint density at radius 3 is 2.58 bits per heavy atom. The third-order valence-electron chi connectivity index (χ3n) is 5.72. The van der Waals surface area contributed by atoms with Gasteiger partial charge in [0.05, 0.1) is 25.2 Å². The lowest BCUT2D eigenvalue weighted by atomic mass is 9.96. The highest BCUT2D eigenvalue weighted by atomic mass is 16.5. The molecule has 1 aliphatic heterocycles. The lowest BCUT2D eigenvalue weighted by Gasteiger charge is -2.26. The van der Waals surface area contributed by atoms with Gasteiger partial charge in [-0.3, -0.25) is 9.89 Å². The van der Waals surface area contributed by atoms with E-state index in [2.05, 4.69) is 27.3 Å². The summed E-state index contributed by atoms with van der Waals surface area (Å²) < 4.78 is 7.31. The minimum Gasteiger partial charge on any atom is -0.497 e. The number of ether oxygens (including phenoxy) is 1. The van der Waals surface area contributed by atoms with E-state index < -0.39 is 0 Å². The van der Waals surface area contributed by atoms with Gasteiger partial charge in [-0.15, -0.1) is 0 Å². The summed E-state index contributed by atoms with van der Waals surface area (Å²) in [5.74, 6) is 0.773. The summed E-state index contributed by atoms with van der Waals surface area (Å²) in [4.78, 5) is 19.4. The molecule has 7 heteroatoms. The number of nitrogens with zero attached hydrogens (tertiary/aromatic N) is 4. The van der Waals surface area contributed by atoms with Gasteiger partial charge in [-0.25, -0.2) is 4.98 Å². The van der Waals surface area contributed by atoms with Gasteiger partial charge in [0, 0.05) is 36.6 Å². The fraction of sp³-hybridized carbons (Fsp3) is 0.208. The maximum atomic E-state index is 13.3. The van der Waals surface area contributed by atoms with E-state index in [1.54, 1.807) is 19.6 Å². The SMILES string of the molecule is COc1ccc(-c2n[nH]c3c2C(c2ccccc2)N(CCCn2ccnc2)C3=O)cc1. The first kappa shape index (κ1) is 19.1. The van der Waals surface area contributed by atoms with E-state index in [-0.39, 0.29) is 11.9 Å². The first-order valence-corrected chi connectivity index (χ1v) is 10.3. The quantitative estimate of drug-likeness (QED) is 0.498. The van der Waals surface area contributed by atoms with Crippen LogP contribution < -0.4 is 4.74 Å². The Balaban J connectivity index is 1.50. The Labute approximate surface area is 180 Å². The van der Waals surface area contributed by atoms with Crippen molar-refractivity contribution in [3.8, 4) is 17.0 Å². The molecule has 156 valence electrons. The van der Waals surface area contributed by atoms with Crippen LogP contribution in [0.2, 0.25) is 0 Å². The highest BCUT2D eigenvalue weighted by Gasteiger charge is 2.41. The minimum atomic E-state index is -0.178. The van der Waals surface area contributed by atoms with Crippen LogP contribution in [0, 0.1) is 0 Å². The Kier molecular flexibility index (Phi) is 5.00. The molecule has 31 heavy (non-hydrogen) atoms. The molecule has 1 N–H and O–H groups in total. The smallest absolute Gasteiger partial charge is 0.273 e. The average molecular weight is 413 g/mol. The second-order valence-electron chi connectivity index (χ2n) is 7.56. The van der Waals surface area contributed by atoms with Crippen molar-refractivity contribution in [3.05, 3.63) is 90.1 Å². The number of nitrogens with one attached hydrogen (secondary N) is 1. The van der Waals surface area contributed by atoms with Crippen molar-refractivity contribution in [2.24, 2.45) is 0 Å². The summed E-state index contributed by atoms with van der Waals surface area (Å²) in [6.45, 7) is 1.45. The number of fused-ring (bicyclic) bond motifs is 1. The van der Waals surface area contributed by atoms with Crippen LogP contribution in [0.4, 0.5) is 0 Å². The number of hydrogen-bond acceptors (Lipinski definition) is 4. The van der Waals surface area contributed by atoms with E-state index in [0.717, 1.165) is 41.1 Å². The van der Waals surface area contributed by atoms with Crippen molar-refractivity contribution in [1.82, 2.24) is 24.6 Å². The third-order valence-corrected chi connectivity index (χ3v) is 5.72. The maximum absolute atomic E-state index is 13.3. The number of hydrogen-bond donors (Lipinski definition) is 1. The van der Waals surface area contributed by atoms with Crippen LogP contribution in [-0.2, 0) is 6.54 Å². The van der Waals surface area contributed by atoms with Gasteiger partial charge in [-0.1, -0.05) is 30.3 Å². The van der Waals surface area contributed by atoms with Gasteiger partial charge in [-0.2, -0.15) is 5.10 Å². The van der Waals surface area contributed by atoms with Crippen LogP contribution in [0.25, 0.3) is 11.3 Å². The van der Waals surface area contributed by atoms with Crippen molar-refractivity contribution in [2.75, 3.05) is 13.7 Å². The van der Waals surface area contributed by atoms with Gasteiger partial charge in [0.1, 0.15) is 11.4 Å². The van der Waals surface area contributed by atoms with Crippen LogP contribution >= 0.6 is 0 Å². The predicted molar refractivity (Wildman–Crippen MR) is 117 cm³/mol. The molecule has 1 atom stereocenters. The zero-order valence-electron chi connectivity index (χ0n) is 17.2. The van der Waals surface area contributed by atoms with Crippen molar-refractivity contribution in [2.45, 2.75) is 19.0 Å². The molecule has 7 nitrogen and oxygen atoms in total. The normalized spacial score (nSPS) is 15.3. The maximum Gasteiger partial charge on any atom is 0.273 e. The molecule has 0 fully saturated rings. The number of aryl methyl sites for hydroxylation is 1. The first-order chi connectivity index (χ1) is 15.3. The predicted octanol–water partition coefficient (Wildman–Crippen LogP) is 3.92. The van der Waals surface area contributed by atoms with E-state index in [4.69, 9.17) is 4.74 Å². The molecular weight excluding hydrogens is 390 g/mol. The monoisotopic (exact) mass is 413 g/mol. The van der Waals surface area contributed by atoms with Crippen LogP contribution in [0.1, 0.15) is 34.1 Å². The molecule has 3 heterocycles. The molecule has 0 bridgehead atoms. The zero-order valence-corrected chi connectivity index (χ0v) is 17.2. The van der Waals surface area contributed by atoms with E-state index >= 15 is 0 Å². The van der Waals surface area contributed by atoms with Crippen molar-refractivity contribution < 1.29 is 9.53 Å². The lowest BCUT2D eigenvalue weighted by Crippen LogP contribution is -2.31. The molecular formula is C24H23N5O2. The first-order valence-electron chi connectivity index (χ1n) is 10.3. The summed E-state index contributed by atoms with van der Waals surface area (Å²) >= 11 is 0. The van der Waals surface area contributed by atoms with Gasteiger partial charge in [0.2, 0.25) is 0 Å².